The summed E-state index contributed by atoms with van der Waals surface area (Å²) in [6.07, 6.45) is 1.80. The van der Waals surface area contributed by atoms with Crippen LogP contribution in [0.5, 0.6) is 0 Å². The minimum absolute atomic E-state index is 0.00840. The summed E-state index contributed by atoms with van der Waals surface area (Å²) in [5.41, 5.74) is 4.12. The Morgan fingerprint density at radius 1 is 0.829 bits per heavy atom. The van der Waals surface area contributed by atoms with Crippen LogP contribution in [-0.4, -0.2) is 36.2 Å². The minimum Gasteiger partial charge on any atom is -0.466 e. The molecule has 5 nitrogen and oxygen atoms in total. The Balaban J connectivity index is 1.79. The summed E-state index contributed by atoms with van der Waals surface area (Å²) in [5.74, 6) is -1.90. The maximum absolute atomic E-state index is 13.6. The molecule has 3 aromatic rings. The molecule has 0 N–H and O–H groups in total. The van der Waals surface area contributed by atoms with Crippen LogP contribution < -0.4 is 0 Å². The number of allylic oxidation sites excluding steroid dienone is 2. The van der Waals surface area contributed by atoms with Crippen LogP contribution in [-0.2, 0) is 25.5 Å². The summed E-state index contributed by atoms with van der Waals surface area (Å²) in [6, 6.07) is 28.6. The van der Waals surface area contributed by atoms with Crippen LogP contribution in [0.4, 0.5) is 0 Å². The lowest BCUT2D eigenvalue weighted by atomic mass is 9.89. The van der Waals surface area contributed by atoms with Crippen LogP contribution in [0, 0.1) is 5.92 Å². The van der Waals surface area contributed by atoms with Crippen molar-refractivity contribution in [3.05, 3.63) is 125 Å². The van der Waals surface area contributed by atoms with E-state index < -0.39 is 11.9 Å². The predicted octanol–water partition coefficient (Wildman–Crippen LogP) is 4.84. The number of benzene rings is 3. The number of esters is 1. The Labute approximate surface area is 205 Å². The van der Waals surface area contributed by atoms with Gasteiger partial charge in [0.15, 0.2) is 5.78 Å². The van der Waals surface area contributed by atoms with Crippen LogP contribution in [0.15, 0.2) is 108 Å². The van der Waals surface area contributed by atoms with Crippen molar-refractivity contribution in [2.24, 2.45) is 5.92 Å². The van der Waals surface area contributed by atoms with Gasteiger partial charge in [0.05, 0.1) is 19.2 Å². The van der Waals surface area contributed by atoms with Gasteiger partial charge in [0, 0.05) is 17.3 Å². The largest absolute Gasteiger partial charge is 0.466 e. The number of hydrogen-bond donors (Lipinski definition) is 0. The van der Waals surface area contributed by atoms with Crippen LogP contribution in [0.2, 0.25) is 0 Å². The summed E-state index contributed by atoms with van der Waals surface area (Å²) >= 11 is 0. The van der Waals surface area contributed by atoms with E-state index in [2.05, 4.69) is 0 Å². The van der Waals surface area contributed by atoms with Gasteiger partial charge in [0.25, 0.3) is 0 Å². The molecule has 0 saturated carbocycles. The van der Waals surface area contributed by atoms with Crippen molar-refractivity contribution >= 4 is 23.2 Å². The summed E-state index contributed by atoms with van der Waals surface area (Å²) < 4.78 is 5.17. The second kappa shape index (κ2) is 10.8. The highest BCUT2D eigenvalue weighted by Gasteiger charge is 2.36. The fourth-order valence-corrected chi connectivity index (χ4v) is 4.36. The Morgan fingerprint density at radius 3 is 1.86 bits per heavy atom. The van der Waals surface area contributed by atoms with Crippen molar-refractivity contribution < 1.29 is 19.1 Å². The fourth-order valence-electron chi connectivity index (χ4n) is 4.36. The number of ether oxygens (including phenoxy) is 1. The van der Waals surface area contributed by atoms with Crippen molar-refractivity contribution in [1.29, 1.82) is 0 Å². The van der Waals surface area contributed by atoms with E-state index >= 15 is 0 Å². The second-order valence-electron chi connectivity index (χ2n) is 8.43. The molecule has 4 rings (SSSR count). The molecule has 0 bridgehead atoms. The Morgan fingerprint density at radius 2 is 1.34 bits per heavy atom. The lowest BCUT2D eigenvalue weighted by Crippen LogP contribution is -2.44. The number of carbonyl (C=O) groups is 3. The van der Waals surface area contributed by atoms with Gasteiger partial charge in [0.2, 0.25) is 5.91 Å². The normalized spacial score (nSPS) is 15.4. The lowest BCUT2D eigenvalue weighted by molar-refractivity contribution is -0.140. The molecule has 5 heteroatoms. The molecule has 0 fully saturated rings. The maximum atomic E-state index is 13.6. The predicted molar refractivity (Wildman–Crippen MR) is 135 cm³/mol. The average molecular weight is 466 g/mol. The molecule has 1 heterocycles. The van der Waals surface area contributed by atoms with Gasteiger partial charge < -0.3 is 9.64 Å². The van der Waals surface area contributed by atoms with E-state index in [1.54, 1.807) is 6.92 Å². The van der Waals surface area contributed by atoms with Crippen molar-refractivity contribution in [3.8, 4) is 0 Å². The van der Waals surface area contributed by atoms with Crippen molar-refractivity contribution in [2.75, 3.05) is 13.7 Å². The zero-order valence-corrected chi connectivity index (χ0v) is 19.8. The first-order chi connectivity index (χ1) is 17.0. The standard InChI is InChI=1S/C30H27NO4/c1-21-18-27(32)25(19-22-12-6-3-7-13-22)29(33)31(21)20-26(30(34)35-2)28(23-14-8-4-9-15-23)24-16-10-5-11-17-24/h3-18,25H,19-20H2,1-2H3. The van der Waals surface area contributed by atoms with Gasteiger partial charge >= 0.3 is 5.97 Å². The summed E-state index contributed by atoms with van der Waals surface area (Å²) in [7, 11) is 1.33. The number of carbonyl (C=O) groups excluding carboxylic acids is 3. The van der Waals surface area contributed by atoms with Gasteiger partial charge in [-0.3, -0.25) is 9.59 Å². The lowest BCUT2D eigenvalue weighted by Gasteiger charge is -2.32. The Bertz CT molecular complexity index is 1240. The van der Waals surface area contributed by atoms with E-state index in [9.17, 15) is 14.4 Å². The maximum Gasteiger partial charge on any atom is 0.336 e. The third kappa shape index (κ3) is 5.30. The first kappa shape index (κ1) is 23.9. The van der Waals surface area contributed by atoms with Crippen LogP contribution in [0.25, 0.3) is 5.57 Å². The number of ketones is 1. The fraction of sp³-hybridized carbons (Fsp3) is 0.167. The SMILES string of the molecule is COC(=O)C(CN1C(=O)C(Cc2ccccc2)C(=O)C=C1C)=C(c1ccccc1)c1ccccc1. The molecule has 0 radical (unpaired) electrons. The van der Waals surface area contributed by atoms with Crippen LogP contribution in [0.1, 0.15) is 23.6 Å². The van der Waals surface area contributed by atoms with Gasteiger partial charge in [-0.05, 0) is 30.0 Å². The first-order valence-electron chi connectivity index (χ1n) is 11.5. The molecule has 0 aromatic heterocycles. The number of nitrogens with zero attached hydrogens (tertiary/aromatic N) is 1. The summed E-state index contributed by atoms with van der Waals surface area (Å²) in [6.45, 7) is 1.71. The molecular formula is C30H27NO4. The van der Waals surface area contributed by atoms with Crippen LogP contribution in [0.3, 0.4) is 0 Å². The number of amides is 1. The van der Waals surface area contributed by atoms with E-state index in [1.165, 1.54) is 18.1 Å². The third-order valence-corrected chi connectivity index (χ3v) is 6.14. The van der Waals surface area contributed by atoms with Gasteiger partial charge in [0.1, 0.15) is 5.92 Å². The number of methoxy groups -OCH3 is 1. The van der Waals surface area contributed by atoms with Crippen molar-refractivity contribution in [3.63, 3.8) is 0 Å². The van der Waals surface area contributed by atoms with Crippen molar-refractivity contribution in [2.45, 2.75) is 13.3 Å². The topological polar surface area (TPSA) is 63.7 Å². The molecular weight excluding hydrogens is 438 g/mol. The highest BCUT2D eigenvalue weighted by atomic mass is 16.5. The molecule has 1 aliphatic heterocycles. The third-order valence-electron chi connectivity index (χ3n) is 6.14. The van der Waals surface area contributed by atoms with Gasteiger partial charge in [-0.15, -0.1) is 0 Å². The number of rotatable bonds is 7. The molecule has 176 valence electrons. The zero-order valence-electron chi connectivity index (χ0n) is 19.8. The zero-order chi connectivity index (χ0) is 24.8. The Hall–Kier alpha value is -4.25. The molecule has 1 unspecified atom stereocenters. The minimum atomic E-state index is -0.836. The number of hydrogen-bond acceptors (Lipinski definition) is 4. The van der Waals surface area contributed by atoms with E-state index in [0.717, 1.165) is 16.7 Å². The van der Waals surface area contributed by atoms with E-state index in [1.807, 2.05) is 91.0 Å². The smallest absolute Gasteiger partial charge is 0.336 e. The van der Waals surface area contributed by atoms with Gasteiger partial charge in [-0.25, -0.2) is 4.79 Å². The van der Waals surface area contributed by atoms with Gasteiger partial charge in [-0.1, -0.05) is 91.0 Å². The van der Waals surface area contributed by atoms with E-state index in [4.69, 9.17) is 4.74 Å². The molecule has 1 amide bonds. The highest BCUT2D eigenvalue weighted by Crippen LogP contribution is 2.30. The molecule has 0 aliphatic carbocycles. The average Bonchev–Trinajstić information content (AvgIpc) is 2.89. The molecule has 1 atom stereocenters. The van der Waals surface area contributed by atoms with Crippen molar-refractivity contribution in [1.82, 2.24) is 4.90 Å². The van der Waals surface area contributed by atoms with Crippen LogP contribution >= 0.6 is 0 Å². The van der Waals surface area contributed by atoms with E-state index in [-0.39, 0.29) is 18.2 Å². The molecule has 1 aliphatic rings. The second-order valence-corrected chi connectivity index (χ2v) is 8.43. The summed E-state index contributed by atoms with van der Waals surface area (Å²) in [5, 5.41) is 0. The monoisotopic (exact) mass is 465 g/mol. The van der Waals surface area contributed by atoms with Gasteiger partial charge in [-0.2, -0.15) is 0 Å². The molecule has 0 spiro atoms. The van der Waals surface area contributed by atoms with E-state index in [0.29, 0.717) is 23.3 Å². The molecule has 35 heavy (non-hydrogen) atoms. The molecule has 0 saturated heterocycles. The summed E-state index contributed by atoms with van der Waals surface area (Å²) in [4.78, 5) is 41.0. The first-order valence-corrected chi connectivity index (χ1v) is 11.5. The molecule has 3 aromatic carbocycles. The highest BCUT2D eigenvalue weighted by molar-refractivity contribution is 6.11. The quantitative estimate of drug-likeness (QED) is 0.285. The Kier molecular flexibility index (Phi) is 7.36.